The van der Waals surface area contributed by atoms with Crippen molar-refractivity contribution in [1.82, 2.24) is 10.2 Å². The van der Waals surface area contributed by atoms with E-state index >= 15 is 0 Å². The lowest BCUT2D eigenvalue weighted by Gasteiger charge is -2.21. The van der Waals surface area contributed by atoms with Gasteiger partial charge in [0.25, 0.3) is 0 Å². The van der Waals surface area contributed by atoms with Gasteiger partial charge in [0, 0.05) is 18.6 Å². The van der Waals surface area contributed by atoms with Crippen molar-refractivity contribution in [3.05, 3.63) is 23.8 Å². The van der Waals surface area contributed by atoms with Crippen molar-refractivity contribution in [1.29, 1.82) is 0 Å². The minimum Gasteiger partial charge on any atom is -0.496 e. The Morgan fingerprint density at radius 2 is 2.05 bits per heavy atom. The monoisotopic (exact) mass is 278 g/mol. The molecule has 0 heterocycles. The Labute approximate surface area is 122 Å². The van der Waals surface area contributed by atoms with Crippen molar-refractivity contribution in [2.24, 2.45) is 0 Å². The van der Waals surface area contributed by atoms with E-state index in [1.807, 2.05) is 25.2 Å². The molecular weight excluding hydrogens is 252 g/mol. The van der Waals surface area contributed by atoms with Crippen molar-refractivity contribution in [2.45, 2.75) is 31.8 Å². The van der Waals surface area contributed by atoms with Crippen molar-refractivity contribution in [3.8, 4) is 11.5 Å². The number of methoxy groups -OCH3 is 1. The van der Waals surface area contributed by atoms with E-state index in [1.54, 1.807) is 7.11 Å². The Morgan fingerprint density at radius 3 is 2.65 bits per heavy atom. The molecule has 1 unspecified atom stereocenters. The van der Waals surface area contributed by atoms with Gasteiger partial charge in [0.1, 0.15) is 18.1 Å². The van der Waals surface area contributed by atoms with E-state index in [-0.39, 0.29) is 6.04 Å². The van der Waals surface area contributed by atoms with E-state index in [4.69, 9.17) is 9.47 Å². The van der Waals surface area contributed by atoms with Crippen LogP contribution in [0.25, 0.3) is 0 Å². The number of ether oxygens (including phenoxy) is 2. The number of likely N-dealkylation sites (N-methyl/N-ethyl adjacent to an activating group) is 1. The molecule has 4 heteroatoms. The maximum absolute atomic E-state index is 5.99. The smallest absolute Gasteiger partial charge is 0.127 e. The first-order chi connectivity index (χ1) is 9.67. The molecule has 20 heavy (non-hydrogen) atoms. The van der Waals surface area contributed by atoms with Gasteiger partial charge in [0.05, 0.1) is 12.7 Å². The first kappa shape index (κ1) is 15.1. The van der Waals surface area contributed by atoms with E-state index < -0.39 is 0 Å². The molecular formula is C16H26N2O2. The molecule has 0 aromatic heterocycles. The Kier molecular flexibility index (Phi) is 5.26. The number of nitrogens with one attached hydrogen (secondary N) is 1. The van der Waals surface area contributed by atoms with E-state index in [2.05, 4.69) is 24.2 Å². The highest BCUT2D eigenvalue weighted by molar-refractivity contribution is 5.46. The summed E-state index contributed by atoms with van der Waals surface area (Å²) in [6.07, 6.45) is 2.66. The van der Waals surface area contributed by atoms with Crippen molar-refractivity contribution in [3.63, 3.8) is 0 Å². The van der Waals surface area contributed by atoms with Gasteiger partial charge in [-0.1, -0.05) is 6.07 Å². The van der Waals surface area contributed by atoms with Gasteiger partial charge in [0.15, 0.2) is 0 Å². The number of benzene rings is 1. The summed E-state index contributed by atoms with van der Waals surface area (Å²) in [4.78, 5) is 2.38. The lowest BCUT2D eigenvalue weighted by molar-refractivity contribution is 0.228. The van der Waals surface area contributed by atoms with Gasteiger partial charge < -0.3 is 19.7 Å². The Hall–Kier alpha value is -1.26. The Bertz CT molecular complexity index is 432. The molecule has 112 valence electrons. The van der Waals surface area contributed by atoms with Crippen LogP contribution in [0, 0.1) is 0 Å². The van der Waals surface area contributed by atoms with Gasteiger partial charge in [-0.05, 0) is 46.0 Å². The average molecular weight is 278 g/mol. The second-order valence-corrected chi connectivity index (χ2v) is 5.44. The summed E-state index contributed by atoms with van der Waals surface area (Å²) < 4.78 is 11.4. The van der Waals surface area contributed by atoms with Crippen LogP contribution >= 0.6 is 0 Å². The topological polar surface area (TPSA) is 33.7 Å². The first-order valence-electron chi connectivity index (χ1n) is 7.34. The standard InChI is InChI=1S/C16H26N2O2/c1-12(17-2)16-14(19-4)6-5-7-15(16)20-11-10-18(3)13-8-9-13/h5-7,12-13,17H,8-11H2,1-4H3. The van der Waals surface area contributed by atoms with Crippen LogP contribution in [-0.2, 0) is 0 Å². The quantitative estimate of drug-likeness (QED) is 0.792. The molecule has 1 N–H and O–H groups in total. The van der Waals surface area contributed by atoms with E-state index in [0.717, 1.165) is 29.6 Å². The predicted molar refractivity (Wildman–Crippen MR) is 81.6 cm³/mol. The molecule has 1 atom stereocenters. The number of rotatable bonds is 8. The summed E-state index contributed by atoms with van der Waals surface area (Å²) in [7, 11) is 5.82. The highest BCUT2D eigenvalue weighted by Crippen LogP contribution is 2.34. The third kappa shape index (κ3) is 3.64. The van der Waals surface area contributed by atoms with Crippen LogP contribution in [0.15, 0.2) is 18.2 Å². The zero-order valence-electron chi connectivity index (χ0n) is 13.0. The van der Waals surface area contributed by atoms with Crippen LogP contribution < -0.4 is 14.8 Å². The van der Waals surface area contributed by atoms with Crippen LogP contribution in [0.2, 0.25) is 0 Å². The second kappa shape index (κ2) is 6.95. The fourth-order valence-corrected chi connectivity index (χ4v) is 2.40. The zero-order valence-corrected chi connectivity index (χ0v) is 13.0. The van der Waals surface area contributed by atoms with Crippen molar-refractivity contribution < 1.29 is 9.47 Å². The van der Waals surface area contributed by atoms with Crippen LogP contribution in [0.5, 0.6) is 11.5 Å². The van der Waals surface area contributed by atoms with Gasteiger partial charge in [-0.3, -0.25) is 0 Å². The molecule has 1 aliphatic carbocycles. The van der Waals surface area contributed by atoms with Gasteiger partial charge in [-0.15, -0.1) is 0 Å². The molecule has 0 amide bonds. The number of nitrogens with zero attached hydrogens (tertiary/aromatic N) is 1. The van der Waals surface area contributed by atoms with Gasteiger partial charge in [-0.2, -0.15) is 0 Å². The van der Waals surface area contributed by atoms with Crippen LogP contribution in [0.1, 0.15) is 31.4 Å². The van der Waals surface area contributed by atoms with Crippen LogP contribution in [0.4, 0.5) is 0 Å². The largest absolute Gasteiger partial charge is 0.496 e. The summed E-state index contributed by atoms with van der Waals surface area (Å²) >= 11 is 0. The third-order valence-corrected chi connectivity index (χ3v) is 3.98. The van der Waals surface area contributed by atoms with Gasteiger partial charge in [-0.25, -0.2) is 0 Å². The van der Waals surface area contributed by atoms with Crippen LogP contribution in [0.3, 0.4) is 0 Å². The molecule has 0 aliphatic heterocycles. The fraction of sp³-hybridized carbons (Fsp3) is 0.625. The normalized spacial score (nSPS) is 16.2. The lowest BCUT2D eigenvalue weighted by Crippen LogP contribution is -2.26. The summed E-state index contributed by atoms with van der Waals surface area (Å²) in [5, 5.41) is 3.25. The molecule has 1 saturated carbocycles. The summed E-state index contributed by atoms with van der Waals surface area (Å²) in [5.41, 5.74) is 1.09. The number of hydrogen-bond acceptors (Lipinski definition) is 4. The summed E-state index contributed by atoms with van der Waals surface area (Å²) in [6.45, 7) is 3.79. The van der Waals surface area contributed by atoms with E-state index in [1.165, 1.54) is 12.8 Å². The minimum atomic E-state index is 0.197. The third-order valence-electron chi connectivity index (χ3n) is 3.98. The zero-order chi connectivity index (χ0) is 14.5. The molecule has 0 bridgehead atoms. The highest BCUT2D eigenvalue weighted by atomic mass is 16.5. The van der Waals surface area contributed by atoms with E-state index in [9.17, 15) is 0 Å². The Balaban J connectivity index is 2.01. The summed E-state index contributed by atoms with van der Waals surface area (Å²) in [5.74, 6) is 1.79. The second-order valence-electron chi connectivity index (χ2n) is 5.44. The molecule has 4 nitrogen and oxygen atoms in total. The molecule has 0 saturated heterocycles. The fourth-order valence-electron chi connectivity index (χ4n) is 2.40. The maximum Gasteiger partial charge on any atom is 0.127 e. The molecule has 1 aromatic rings. The summed E-state index contributed by atoms with van der Waals surface area (Å²) in [6, 6.07) is 6.95. The SMILES string of the molecule is CNC(C)c1c(OC)cccc1OCCN(C)C1CC1. The highest BCUT2D eigenvalue weighted by Gasteiger charge is 2.25. The molecule has 0 spiro atoms. The maximum atomic E-state index is 5.99. The van der Waals surface area contributed by atoms with Crippen molar-refractivity contribution in [2.75, 3.05) is 34.4 Å². The van der Waals surface area contributed by atoms with Gasteiger partial charge >= 0.3 is 0 Å². The molecule has 1 fully saturated rings. The average Bonchev–Trinajstić information content (AvgIpc) is 3.30. The van der Waals surface area contributed by atoms with E-state index in [0.29, 0.717) is 6.61 Å². The first-order valence-corrected chi connectivity index (χ1v) is 7.34. The van der Waals surface area contributed by atoms with Crippen molar-refractivity contribution >= 4 is 0 Å². The molecule has 2 rings (SSSR count). The molecule has 0 radical (unpaired) electrons. The molecule has 1 aliphatic rings. The Morgan fingerprint density at radius 1 is 1.35 bits per heavy atom. The number of hydrogen-bond donors (Lipinski definition) is 1. The van der Waals surface area contributed by atoms with Crippen LogP contribution in [-0.4, -0.2) is 45.3 Å². The molecule has 1 aromatic carbocycles. The predicted octanol–water partition coefficient (Wildman–Crippen LogP) is 2.45. The lowest BCUT2D eigenvalue weighted by atomic mass is 10.1. The minimum absolute atomic E-state index is 0.197. The van der Waals surface area contributed by atoms with Gasteiger partial charge in [0.2, 0.25) is 0 Å².